The van der Waals surface area contributed by atoms with Crippen molar-refractivity contribution in [2.45, 2.75) is 51.1 Å². The quantitative estimate of drug-likeness (QED) is 0.670. The first kappa shape index (κ1) is 22.7. The number of likely N-dealkylation sites (tertiary alicyclic amines) is 1. The highest BCUT2D eigenvalue weighted by Gasteiger charge is 2.59. The van der Waals surface area contributed by atoms with E-state index in [9.17, 15) is 26.8 Å². The Balaban J connectivity index is 1.52. The van der Waals surface area contributed by atoms with E-state index in [2.05, 4.69) is 4.98 Å². The smallest absolute Gasteiger partial charge is 0.410 e. The van der Waals surface area contributed by atoms with Gasteiger partial charge in [0.25, 0.3) is 5.92 Å². The SMILES string of the molecule is CN1c2nc(C3CCN(C(=O)OC(C)(C)C)CC3=O)ccc2N(CC2CC2(F)F)S1(=O)=O. The van der Waals surface area contributed by atoms with Gasteiger partial charge in [0.15, 0.2) is 11.6 Å². The third-order valence-corrected chi connectivity index (χ3v) is 7.61. The summed E-state index contributed by atoms with van der Waals surface area (Å²) in [6.45, 7) is 5.07. The van der Waals surface area contributed by atoms with E-state index in [0.717, 1.165) is 8.61 Å². The first-order valence-electron chi connectivity index (χ1n) is 10.4. The third-order valence-electron chi connectivity index (χ3n) is 5.84. The molecule has 2 fully saturated rings. The Morgan fingerprint density at radius 1 is 1.31 bits per heavy atom. The van der Waals surface area contributed by atoms with Gasteiger partial charge in [-0.05, 0) is 39.3 Å². The van der Waals surface area contributed by atoms with E-state index >= 15 is 0 Å². The van der Waals surface area contributed by atoms with E-state index in [4.69, 9.17) is 4.74 Å². The van der Waals surface area contributed by atoms with Gasteiger partial charge in [-0.1, -0.05) is 0 Å². The minimum Gasteiger partial charge on any atom is -0.444 e. The molecule has 1 aliphatic carbocycles. The number of rotatable bonds is 3. The summed E-state index contributed by atoms with van der Waals surface area (Å²) in [5, 5.41) is 0. The van der Waals surface area contributed by atoms with E-state index in [1.165, 1.54) is 18.0 Å². The summed E-state index contributed by atoms with van der Waals surface area (Å²) in [6, 6.07) is 3.06. The van der Waals surface area contributed by atoms with Gasteiger partial charge >= 0.3 is 16.3 Å². The molecule has 4 rings (SSSR count). The topological polar surface area (TPSA) is 100 Å². The Morgan fingerprint density at radius 3 is 2.53 bits per heavy atom. The minimum atomic E-state index is -4.01. The number of nitrogens with zero attached hydrogens (tertiary/aromatic N) is 4. The summed E-state index contributed by atoms with van der Waals surface area (Å²) >= 11 is 0. The van der Waals surface area contributed by atoms with Crippen LogP contribution in [0.2, 0.25) is 0 Å². The number of Topliss-reactive ketones (excluding diaryl/α,β-unsaturated/α-hetero) is 1. The van der Waals surface area contributed by atoms with Gasteiger partial charge in [0.05, 0.1) is 23.8 Å². The van der Waals surface area contributed by atoms with Crippen molar-refractivity contribution >= 4 is 33.6 Å². The van der Waals surface area contributed by atoms with E-state index < -0.39 is 39.7 Å². The fourth-order valence-corrected chi connectivity index (χ4v) is 5.34. The molecule has 1 saturated carbocycles. The molecule has 1 saturated heterocycles. The van der Waals surface area contributed by atoms with Gasteiger partial charge in [0, 0.05) is 32.5 Å². The Hall–Kier alpha value is -2.50. The number of hydrogen-bond donors (Lipinski definition) is 0. The van der Waals surface area contributed by atoms with Crippen LogP contribution in [-0.4, -0.2) is 68.4 Å². The normalized spacial score (nSPS) is 26.2. The van der Waals surface area contributed by atoms with Crippen LogP contribution in [0.4, 0.5) is 25.1 Å². The number of anilines is 2. The van der Waals surface area contributed by atoms with Gasteiger partial charge < -0.3 is 9.64 Å². The zero-order chi connectivity index (χ0) is 23.6. The number of fused-ring (bicyclic) bond motifs is 1. The number of piperidine rings is 1. The number of carbonyl (C=O) groups excluding carboxylic acids is 2. The highest BCUT2D eigenvalue weighted by molar-refractivity contribution is 7.94. The molecule has 2 aliphatic heterocycles. The molecule has 0 radical (unpaired) electrons. The zero-order valence-corrected chi connectivity index (χ0v) is 19.2. The van der Waals surface area contributed by atoms with Crippen LogP contribution in [-0.2, 0) is 19.7 Å². The Kier molecular flexibility index (Phi) is 5.14. The molecule has 9 nitrogen and oxygen atoms in total. The Morgan fingerprint density at radius 2 is 1.97 bits per heavy atom. The van der Waals surface area contributed by atoms with E-state index in [-0.39, 0.29) is 36.8 Å². The summed E-state index contributed by atoms with van der Waals surface area (Å²) in [7, 11) is -2.70. The predicted molar refractivity (Wildman–Crippen MR) is 112 cm³/mol. The molecular formula is C20H26F2N4O5S. The Labute approximate surface area is 185 Å². The van der Waals surface area contributed by atoms with Gasteiger partial charge in [0.1, 0.15) is 5.60 Å². The van der Waals surface area contributed by atoms with Gasteiger partial charge in [-0.15, -0.1) is 0 Å². The minimum absolute atomic E-state index is 0.105. The van der Waals surface area contributed by atoms with Crippen LogP contribution in [0.15, 0.2) is 12.1 Å². The summed E-state index contributed by atoms with van der Waals surface area (Å²) in [5.41, 5.74) is -0.0684. The number of carbonyl (C=O) groups is 2. The average Bonchev–Trinajstić information content (AvgIpc) is 3.24. The third kappa shape index (κ3) is 4.00. The van der Waals surface area contributed by atoms with Crippen molar-refractivity contribution in [2.24, 2.45) is 5.92 Å². The molecule has 0 spiro atoms. The second kappa shape index (κ2) is 7.26. The number of ether oxygens (including phenoxy) is 1. The van der Waals surface area contributed by atoms with Crippen LogP contribution in [0, 0.1) is 5.92 Å². The predicted octanol–water partition coefficient (Wildman–Crippen LogP) is 2.53. The summed E-state index contributed by atoms with van der Waals surface area (Å²) in [5.74, 6) is -4.59. The molecule has 2 unspecified atom stereocenters. The van der Waals surface area contributed by atoms with Gasteiger partial charge in [-0.2, -0.15) is 8.42 Å². The van der Waals surface area contributed by atoms with Crippen LogP contribution in [0.25, 0.3) is 0 Å². The maximum Gasteiger partial charge on any atom is 0.410 e. The lowest BCUT2D eigenvalue weighted by atomic mass is 9.92. The molecule has 3 heterocycles. The van der Waals surface area contributed by atoms with Crippen molar-refractivity contribution in [3.05, 3.63) is 17.8 Å². The number of amides is 1. The van der Waals surface area contributed by atoms with Crippen molar-refractivity contribution < 1.29 is 31.5 Å². The maximum atomic E-state index is 13.4. The highest BCUT2D eigenvalue weighted by Crippen LogP contribution is 2.51. The number of ketones is 1. The first-order valence-corrected chi connectivity index (χ1v) is 11.8. The van der Waals surface area contributed by atoms with Crippen LogP contribution in [0.5, 0.6) is 0 Å². The number of hydrogen-bond acceptors (Lipinski definition) is 6. The molecule has 32 heavy (non-hydrogen) atoms. The molecule has 0 aromatic carbocycles. The Bertz CT molecular complexity index is 1070. The van der Waals surface area contributed by atoms with Crippen molar-refractivity contribution in [1.29, 1.82) is 0 Å². The molecule has 0 bridgehead atoms. The monoisotopic (exact) mass is 472 g/mol. The number of aromatic nitrogens is 1. The molecule has 0 N–H and O–H groups in total. The summed E-state index contributed by atoms with van der Waals surface area (Å²) in [6.07, 6.45) is -0.586. The van der Waals surface area contributed by atoms with Crippen LogP contribution in [0.1, 0.15) is 45.2 Å². The van der Waals surface area contributed by atoms with Gasteiger partial charge in [-0.3, -0.25) is 4.79 Å². The summed E-state index contributed by atoms with van der Waals surface area (Å²) < 4.78 is 59.5. The first-order chi connectivity index (χ1) is 14.7. The molecule has 176 valence electrons. The van der Waals surface area contributed by atoms with E-state index in [1.54, 1.807) is 26.8 Å². The van der Waals surface area contributed by atoms with Gasteiger partial charge in [-0.25, -0.2) is 27.2 Å². The standard InChI is InChI=1S/C20H26F2N4O5S/c1-19(2,3)31-18(28)25-8-7-13(16(27)11-25)14-5-6-15-17(23-14)24(4)32(29,30)26(15)10-12-9-20(12,21)22/h5-6,12-13H,7-11H2,1-4H3. The largest absolute Gasteiger partial charge is 0.444 e. The molecular weight excluding hydrogens is 446 g/mol. The number of pyridine rings is 1. The van der Waals surface area contributed by atoms with E-state index in [0.29, 0.717) is 18.7 Å². The lowest BCUT2D eigenvalue weighted by Gasteiger charge is -2.32. The van der Waals surface area contributed by atoms with Crippen molar-refractivity contribution in [2.75, 3.05) is 35.3 Å². The second-order valence-corrected chi connectivity index (χ2v) is 11.3. The van der Waals surface area contributed by atoms with Crippen LogP contribution in [0.3, 0.4) is 0 Å². The lowest BCUT2D eigenvalue weighted by Crippen LogP contribution is -2.45. The van der Waals surface area contributed by atoms with Crippen molar-refractivity contribution in [3.63, 3.8) is 0 Å². The average molecular weight is 473 g/mol. The molecule has 1 amide bonds. The number of halogens is 2. The maximum absolute atomic E-state index is 13.4. The number of alkyl halides is 2. The fourth-order valence-electron chi connectivity index (χ4n) is 3.94. The van der Waals surface area contributed by atoms with Gasteiger partial charge in [0.2, 0.25) is 0 Å². The molecule has 12 heteroatoms. The molecule has 2 atom stereocenters. The van der Waals surface area contributed by atoms with E-state index in [1.807, 2.05) is 0 Å². The molecule has 3 aliphatic rings. The second-order valence-electron chi connectivity index (χ2n) is 9.46. The summed E-state index contributed by atoms with van der Waals surface area (Å²) in [4.78, 5) is 30.8. The van der Waals surface area contributed by atoms with Crippen molar-refractivity contribution in [1.82, 2.24) is 9.88 Å². The lowest BCUT2D eigenvalue weighted by molar-refractivity contribution is -0.124. The highest BCUT2D eigenvalue weighted by atomic mass is 32.2. The zero-order valence-electron chi connectivity index (χ0n) is 18.3. The molecule has 1 aromatic rings. The molecule has 1 aromatic heterocycles. The van der Waals surface area contributed by atoms with Crippen molar-refractivity contribution in [3.8, 4) is 0 Å². The van der Waals surface area contributed by atoms with Crippen LogP contribution < -0.4 is 8.61 Å². The fraction of sp³-hybridized carbons (Fsp3) is 0.650. The van der Waals surface area contributed by atoms with Crippen LogP contribution >= 0.6 is 0 Å².